The van der Waals surface area contributed by atoms with Crippen LogP contribution in [0.3, 0.4) is 0 Å². The Balaban J connectivity index is 1.98. The Labute approximate surface area is 118 Å². The largest absolute Gasteiger partial charge is 0.481 e. The van der Waals surface area contributed by atoms with Gasteiger partial charge in [0.1, 0.15) is 5.75 Å². The van der Waals surface area contributed by atoms with Gasteiger partial charge in [0.25, 0.3) is 5.91 Å². The van der Waals surface area contributed by atoms with Gasteiger partial charge in [0, 0.05) is 18.1 Å². The number of carbonyl (C=O) groups is 1. The Morgan fingerprint density at radius 2 is 1.85 bits per heavy atom. The Kier molecular flexibility index (Phi) is 4.35. The van der Waals surface area contributed by atoms with Crippen LogP contribution in [0.1, 0.15) is 18.1 Å². The van der Waals surface area contributed by atoms with Gasteiger partial charge < -0.3 is 10.1 Å². The van der Waals surface area contributed by atoms with Crippen LogP contribution < -0.4 is 10.1 Å². The molecule has 0 radical (unpaired) electrons. The average Bonchev–Trinajstić information content (AvgIpc) is 2.44. The second-order valence-electron chi connectivity index (χ2n) is 4.73. The predicted octanol–water partition coefficient (Wildman–Crippen LogP) is 3.10. The number of amides is 1. The highest BCUT2D eigenvalue weighted by atomic mass is 16.5. The van der Waals surface area contributed by atoms with E-state index in [1.54, 1.807) is 31.5 Å². The van der Waals surface area contributed by atoms with Gasteiger partial charge in [-0.1, -0.05) is 6.07 Å². The maximum absolute atomic E-state index is 12.0. The number of carbonyl (C=O) groups excluding carboxylic acids is 1. The van der Waals surface area contributed by atoms with Crippen LogP contribution >= 0.6 is 0 Å². The minimum atomic E-state index is -0.565. The summed E-state index contributed by atoms with van der Waals surface area (Å²) in [6.45, 7) is 5.79. The number of nitrogens with one attached hydrogen (secondary N) is 1. The van der Waals surface area contributed by atoms with Crippen molar-refractivity contribution < 1.29 is 9.53 Å². The molecule has 0 aliphatic rings. The lowest BCUT2D eigenvalue weighted by atomic mass is 10.1. The zero-order chi connectivity index (χ0) is 14.5. The lowest BCUT2D eigenvalue weighted by Gasteiger charge is -2.15. The van der Waals surface area contributed by atoms with Crippen LogP contribution in [0, 0.1) is 13.8 Å². The molecule has 1 heterocycles. The number of pyridine rings is 1. The maximum atomic E-state index is 12.0. The highest BCUT2D eigenvalue weighted by molar-refractivity contribution is 5.94. The van der Waals surface area contributed by atoms with Crippen LogP contribution in [0.2, 0.25) is 0 Å². The van der Waals surface area contributed by atoms with Crippen molar-refractivity contribution in [3.05, 3.63) is 53.9 Å². The summed E-state index contributed by atoms with van der Waals surface area (Å²) in [6.07, 6.45) is 2.69. The smallest absolute Gasteiger partial charge is 0.265 e. The van der Waals surface area contributed by atoms with Crippen LogP contribution in [-0.4, -0.2) is 17.0 Å². The number of aryl methyl sites for hydroxylation is 2. The summed E-state index contributed by atoms with van der Waals surface area (Å²) < 4.78 is 5.66. The van der Waals surface area contributed by atoms with Crippen molar-refractivity contribution in [3.63, 3.8) is 0 Å². The molecule has 0 aliphatic heterocycles. The van der Waals surface area contributed by atoms with Crippen LogP contribution in [0.5, 0.6) is 5.75 Å². The second kappa shape index (κ2) is 6.19. The lowest BCUT2D eigenvalue weighted by molar-refractivity contribution is -0.122. The fourth-order valence-electron chi connectivity index (χ4n) is 1.72. The van der Waals surface area contributed by atoms with Crippen molar-refractivity contribution in [2.45, 2.75) is 26.9 Å². The van der Waals surface area contributed by atoms with Crippen molar-refractivity contribution in [2.75, 3.05) is 5.32 Å². The van der Waals surface area contributed by atoms with Crippen molar-refractivity contribution in [1.29, 1.82) is 0 Å². The molecule has 0 spiro atoms. The molecule has 4 heteroatoms. The Morgan fingerprint density at radius 1 is 1.15 bits per heavy atom. The van der Waals surface area contributed by atoms with Gasteiger partial charge in [-0.15, -0.1) is 0 Å². The first kappa shape index (κ1) is 14.1. The van der Waals surface area contributed by atoms with E-state index in [9.17, 15) is 4.79 Å². The number of hydrogen-bond acceptors (Lipinski definition) is 3. The number of anilines is 1. The van der Waals surface area contributed by atoms with Gasteiger partial charge in [-0.3, -0.25) is 9.78 Å². The molecular weight excluding hydrogens is 252 g/mol. The van der Waals surface area contributed by atoms with Crippen molar-refractivity contribution >= 4 is 11.6 Å². The zero-order valence-electron chi connectivity index (χ0n) is 11.9. The van der Waals surface area contributed by atoms with E-state index in [0.717, 1.165) is 5.56 Å². The molecule has 104 valence electrons. The minimum absolute atomic E-state index is 0.186. The van der Waals surface area contributed by atoms with E-state index >= 15 is 0 Å². The molecule has 0 saturated heterocycles. The van der Waals surface area contributed by atoms with E-state index in [0.29, 0.717) is 11.4 Å². The third kappa shape index (κ3) is 3.57. The lowest BCUT2D eigenvalue weighted by Crippen LogP contribution is -2.30. The summed E-state index contributed by atoms with van der Waals surface area (Å²) in [5.74, 6) is 0.514. The number of benzene rings is 1. The molecule has 1 aromatic carbocycles. The summed E-state index contributed by atoms with van der Waals surface area (Å²) in [4.78, 5) is 15.9. The molecule has 2 rings (SSSR count). The Morgan fingerprint density at radius 3 is 2.50 bits per heavy atom. The average molecular weight is 270 g/mol. The normalized spacial score (nSPS) is 11.8. The molecule has 0 saturated carbocycles. The van der Waals surface area contributed by atoms with Gasteiger partial charge in [0.2, 0.25) is 0 Å². The van der Waals surface area contributed by atoms with Gasteiger partial charge in [0.05, 0.1) is 0 Å². The maximum Gasteiger partial charge on any atom is 0.265 e. The molecule has 1 amide bonds. The van der Waals surface area contributed by atoms with Crippen molar-refractivity contribution in [2.24, 2.45) is 0 Å². The number of hydrogen-bond donors (Lipinski definition) is 1. The summed E-state index contributed by atoms with van der Waals surface area (Å²) in [6, 6.07) is 9.27. The molecule has 1 atom stereocenters. The molecule has 1 N–H and O–H groups in total. The summed E-state index contributed by atoms with van der Waals surface area (Å²) in [5, 5.41) is 2.78. The molecule has 0 unspecified atom stereocenters. The SMILES string of the molecule is Cc1ccc(O[C@@H](C)C(=O)Nc2ccncc2)cc1C. The highest BCUT2D eigenvalue weighted by Gasteiger charge is 2.15. The summed E-state index contributed by atoms with van der Waals surface area (Å²) in [7, 11) is 0. The first-order chi connectivity index (χ1) is 9.56. The van der Waals surface area contributed by atoms with Gasteiger partial charge in [0.15, 0.2) is 6.10 Å². The minimum Gasteiger partial charge on any atom is -0.481 e. The highest BCUT2D eigenvalue weighted by Crippen LogP contribution is 2.18. The first-order valence-electron chi connectivity index (χ1n) is 6.51. The van der Waals surface area contributed by atoms with Gasteiger partial charge in [-0.25, -0.2) is 0 Å². The number of nitrogens with zero attached hydrogens (tertiary/aromatic N) is 1. The standard InChI is InChI=1S/C16H18N2O2/c1-11-4-5-15(10-12(11)2)20-13(3)16(19)18-14-6-8-17-9-7-14/h4-10,13H,1-3H3,(H,17,18,19)/t13-/m0/s1. The molecule has 0 aliphatic carbocycles. The zero-order valence-corrected chi connectivity index (χ0v) is 11.9. The Bertz CT molecular complexity index is 597. The van der Waals surface area contributed by atoms with E-state index in [2.05, 4.69) is 10.3 Å². The van der Waals surface area contributed by atoms with E-state index in [1.165, 1.54) is 5.56 Å². The third-order valence-electron chi connectivity index (χ3n) is 3.11. The second-order valence-corrected chi connectivity index (χ2v) is 4.73. The fraction of sp³-hybridized carbons (Fsp3) is 0.250. The van der Waals surface area contributed by atoms with Gasteiger partial charge in [-0.05, 0) is 56.2 Å². The van der Waals surface area contributed by atoms with E-state index in [-0.39, 0.29) is 5.91 Å². The van der Waals surface area contributed by atoms with Crippen LogP contribution in [0.15, 0.2) is 42.7 Å². The molecule has 20 heavy (non-hydrogen) atoms. The van der Waals surface area contributed by atoms with Gasteiger partial charge >= 0.3 is 0 Å². The van der Waals surface area contributed by atoms with Crippen LogP contribution in [0.4, 0.5) is 5.69 Å². The fourth-order valence-corrected chi connectivity index (χ4v) is 1.72. The summed E-state index contributed by atoms with van der Waals surface area (Å²) in [5.41, 5.74) is 3.05. The van der Waals surface area contributed by atoms with E-state index in [1.807, 2.05) is 32.0 Å². The monoisotopic (exact) mass is 270 g/mol. The van der Waals surface area contributed by atoms with Gasteiger partial charge in [-0.2, -0.15) is 0 Å². The molecule has 2 aromatic rings. The number of ether oxygens (including phenoxy) is 1. The van der Waals surface area contributed by atoms with Crippen molar-refractivity contribution in [3.8, 4) is 5.75 Å². The molecule has 4 nitrogen and oxygen atoms in total. The van der Waals surface area contributed by atoms with E-state index in [4.69, 9.17) is 4.74 Å². The third-order valence-corrected chi connectivity index (χ3v) is 3.11. The predicted molar refractivity (Wildman–Crippen MR) is 78.9 cm³/mol. The summed E-state index contributed by atoms with van der Waals surface area (Å²) >= 11 is 0. The molecule has 0 bridgehead atoms. The Hall–Kier alpha value is -2.36. The van der Waals surface area contributed by atoms with Crippen LogP contribution in [-0.2, 0) is 4.79 Å². The quantitative estimate of drug-likeness (QED) is 0.928. The molecular formula is C16H18N2O2. The number of rotatable bonds is 4. The number of aromatic nitrogens is 1. The van der Waals surface area contributed by atoms with Crippen molar-refractivity contribution in [1.82, 2.24) is 4.98 Å². The topological polar surface area (TPSA) is 51.2 Å². The van der Waals surface area contributed by atoms with Crippen LogP contribution in [0.25, 0.3) is 0 Å². The first-order valence-corrected chi connectivity index (χ1v) is 6.51. The molecule has 0 fully saturated rings. The molecule has 1 aromatic heterocycles. The van der Waals surface area contributed by atoms with E-state index < -0.39 is 6.10 Å².